The molecule has 0 saturated heterocycles. The van der Waals surface area contributed by atoms with Gasteiger partial charge in [-0.1, -0.05) is 41.4 Å². The molecule has 0 radical (unpaired) electrons. The Morgan fingerprint density at radius 1 is 1.10 bits per heavy atom. The van der Waals surface area contributed by atoms with Gasteiger partial charge in [0.2, 0.25) is 5.91 Å². The van der Waals surface area contributed by atoms with E-state index in [0.717, 1.165) is 24.0 Å². The SMILES string of the molecule is CC(=O)OC(C)(C)CN(C)C(=O)C[C@]1(c2ccc(Cl)cc2)CCc2cc(Cl)ccc21. The highest BCUT2D eigenvalue weighted by atomic mass is 35.5. The van der Waals surface area contributed by atoms with E-state index in [4.69, 9.17) is 27.9 Å². The third-order valence-electron chi connectivity index (χ3n) is 5.72. The van der Waals surface area contributed by atoms with Crippen LogP contribution in [0.1, 0.15) is 50.3 Å². The minimum Gasteiger partial charge on any atom is -0.458 e. The van der Waals surface area contributed by atoms with E-state index in [1.165, 1.54) is 12.5 Å². The number of halogens is 2. The molecule has 2 aromatic carbocycles. The largest absolute Gasteiger partial charge is 0.458 e. The Balaban J connectivity index is 1.93. The normalized spacial score (nSPS) is 18.1. The summed E-state index contributed by atoms with van der Waals surface area (Å²) in [4.78, 5) is 26.3. The van der Waals surface area contributed by atoms with Crippen LogP contribution < -0.4 is 0 Å². The Bertz CT molecular complexity index is 955. The van der Waals surface area contributed by atoms with Crippen molar-refractivity contribution in [3.8, 4) is 0 Å². The quantitative estimate of drug-likeness (QED) is 0.555. The smallest absolute Gasteiger partial charge is 0.303 e. The first-order valence-electron chi connectivity index (χ1n) is 10.0. The number of aryl methyl sites for hydroxylation is 1. The van der Waals surface area contributed by atoms with Crippen LogP contribution in [0.5, 0.6) is 0 Å². The van der Waals surface area contributed by atoms with E-state index in [1.807, 2.05) is 42.5 Å². The fourth-order valence-electron chi connectivity index (χ4n) is 4.55. The van der Waals surface area contributed by atoms with Gasteiger partial charge in [-0.3, -0.25) is 9.59 Å². The number of esters is 1. The molecular formula is C24H27Cl2NO3. The van der Waals surface area contributed by atoms with Crippen molar-refractivity contribution in [2.75, 3.05) is 13.6 Å². The van der Waals surface area contributed by atoms with Gasteiger partial charge in [-0.25, -0.2) is 0 Å². The lowest BCUT2D eigenvalue weighted by molar-refractivity contribution is -0.157. The summed E-state index contributed by atoms with van der Waals surface area (Å²) in [6.07, 6.45) is 1.99. The van der Waals surface area contributed by atoms with Crippen LogP contribution in [0.3, 0.4) is 0 Å². The number of rotatable bonds is 6. The van der Waals surface area contributed by atoms with Crippen LogP contribution in [-0.4, -0.2) is 36.0 Å². The Hall–Kier alpha value is -2.04. The molecule has 0 unspecified atom stereocenters. The average Bonchev–Trinajstić information content (AvgIpc) is 2.99. The molecule has 0 heterocycles. The fourth-order valence-corrected chi connectivity index (χ4v) is 4.87. The summed E-state index contributed by atoms with van der Waals surface area (Å²) in [7, 11) is 1.75. The van der Waals surface area contributed by atoms with Gasteiger partial charge >= 0.3 is 5.97 Å². The molecule has 0 spiro atoms. The van der Waals surface area contributed by atoms with Gasteiger partial charge in [0, 0.05) is 35.9 Å². The van der Waals surface area contributed by atoms with Gasteiger partial charge in [0.25, 0.3) is 0 Å². The number of hydrogen-bond donors (Lipinski definition) is 0. The number of fused-ring (bicyclic) bond motifs is 1. The monoisotopic (exact) mass is 447 g/mol. The summed E-state index contributed by atoms with van der Waals surface area (Å²) >= 11 is 12.3. The second-order valence-electron chi connectivity index (χ2n) is 8.67. The highest BCUT2D eigenvalue weighted by Crippen LogP contribution is 2.47. The van der Waals surface area contributed by atoms with Crippen LogP contribution in [0, 0.1) is 0 Å². The third-order valence-corrected chi connectivity index (χ3v) is 6.20. The van der Waals surface area contributed by atoms with Crippen molar-refractivity contribution in [1.82, 2.24) is 4.90 Å². The average molecular weight is 448 g/mol. The van der Waals surface area contributed by atoms with Gasteiger partial charge in [0.1, 0.15) is 5.60 Å². The van der Waals surface area contributed by atoms with Crippen LogP contribution in [0.2, 0.25) is 10.0 Å². The van der Waals surface area contributed by atoms with E-state index in [9.17, 15) is 9.59 Å². The van der Waals surface area contributed by atoms with Gasteiger partial charge in [0.05, 0.1) is 6.54 Å². The van der Waals surface area contributed by atoms with Crippen molar-refractivity contribution >= 4 is 35.1 Å². The standard InChI is InChI=1S/C24H27Cl2NO3/c1-16(28)30-23(2,3)15-27(4)22(29)14-24(18-5-7-19(25)8-6-18)12-11-17-13-20(26)9-10-21(17)24/h5-10,13H,11-12,14-15H2,1-4H3/t24-/m0/s1. The van der Waals surface area contributed by atoms with Crippen molar-refractivity contribution in [1.29, 1.82) is 0 Å². The summed E-state index contributed by atoms with van der Waals surface area (Å²) in [6, 6.07) is 13.6. The molecule has 4 nitrogen and oxygen atoms in total. The van der Waals surface area contributed by atoms with Crippen molar-refractivity contribution in [3.05, 3.63) is 69.2 Å². The fraction of sp³-hybridized carbons (Fsp3) is 0.417. The van der Waals surface area contributed by atoms with E-state index in [0.29, 0.717) is 23.0 Å². The molecular weight excluding hydrogens is 421 g/mol. The minimum atomic E-state index is -0.759. The number of hydrogen-bond acceptors (Lipinski definition) is 3. The third kappa shape index (κ3) is 4.81. The highest BCUT2D eigenvalue weighted by molar-refractivity contribution is 6.30. The zero-order chi connectivity index (χ0) is 22.1. The first kappa shape index (κ1) is 22.6. The van der Waals surface area contributed by atoms with E-state index in [-0.39, 0.29) is 11.9 Å². The molecule has 3 rings (SSSR count). The van der Waals surface area contributed by atoms with Crippen molar-refractivity contribution < 1.29 is 14.3 Å². The maximum atomic E-state index is 13.3. The summed E-state index contributed by atoms with van der Waals surface area (Å²) in [5.74, 6) is -0.368. The van der Waals surface area contributed by atoms with Crippen LogP contribution in [0.15, 0.2) is 42.5 Å². The van der Waals surface area contributed by atoms with E-state index in [1.54, 1.807) is 25.8 Å². The Morgan fingerprint density at radius 2 is 1.73 bits per heavy atom. The molecule has 1 aliphatic rings. The summed E-state index contributed by atoms with van der Waals surface area (Å²) < 4.78 is 5.36. The maximum Gasteiger partial charge on any atom is 0.303 e. The summed E-state index contributed by atoms with van der Waals surface area (Å²) in [5.41, 5.74) is 2.17. The molecule has 0 saturated carbocycles. The van der Waals surface area contributed by atoms with Gasteiger partial charge in [-0.2, -0.15) is 0 Å². The number of carbonyl (C=O) groups excluding carboxylic acids is 2. The van der Waals surface area contributed by atoms with Gasteiger partial charge in [-0.05, 0) is 67.6 Å². The molecule has 30 heavy (non-hydrogen) atoms. The number of carbonyl (C=O) groups is 2. The second-order valence-corrected chi connectivity index (χ2v) is 9.54. The summed E-state index contributed by atoms with van der Waals surface area (Å²) in [5, 5.41) is 1.36. The molecule has 2 aromatic rings. The van der Waals surface area contributed by atoms with Crippen LogP contribution in [0.25, 0.3) is 0 Å². The summed E-state index contributed by atoms with van der Waals surface area (Å²) in [6.45, 7) is 5.30. The number of amides is 1. The van der Waals surface area contributed by atoms with Gasteiger partial charge in [0.15, 0.2) is 0 Å². The zero-order valence-electron chi connectivity index (χ0n) is 17.8. The Morgan fingerprint density at radius 3 is 2.37 bits per heavy atom. The molecule has 160 valence electrons. The van der Waals surface area contributed by atoms with Crippen LogP contribution in [-0.2, 0) is 26.2 Å². The zero-order valence-corrected chi connectivity index (χ0v) is 19.3. The second kappa shape index (κ2) is 8.60. The first-order valence-corrected chi connectivity index (χ1v) is 10.8. The number of ether oxygens (including phenoxy) is 1. The number of likely N-dealkylation sites (N-methyl/N-ethyl adjacent to an activating group) is 1. The molecule has 1 amide bonds. The van der Waals surface area contributed by atoms with Gasteiger partial charge < -0.3 is 9.64 Å². The highest BCUT2D eigenvalue weighted by Gasteiger charge is 2.43. The topological polar surface area (TPSA) is 46.6 Å². The predicted octanol–water partition coefficient (Wildman–Crippen LogP) is 5.42. The molecule has 0 fully saturated rings. The molecule has 1 aliphatic carbocycles. The first-order chi connectivity index (χ1) is 14.0. The lowest BCUT2D eigenvalue weighted by Crippen LogP contribution is -2.44. The van der Waals surface area contributed by atoms with Crippen molar-refractivity contribution in [2.24, 2.45) is 0 Å². The van der Waals surface area contributed by atoms with E-state index < -0.39 is 11.0 Å². The Kier molecular flexibility index (Phi) is 6.49. The van der Waals surface area contributed by atoms with E-state index >= 15 is 0 Å². The lowest BCUT2D eigenvalue weighted by Gasteiger charge is -2.35. The molecule has 0 aromatic heterocycles. The van der Waals surface area contributed by atoms with Crippen molar-refractivity contribution in [3.63, 3.8) is 0 Å². The molecule has 0 N–H and O–H groups in total. The lowest BCUT2D eigenvalue weighted by atomic mass is 9.72. The van der Waals surface area contributed by atoms with Crippen LogP contribution in [0.4, 0.5) is 0 Å². The predicted molar refractivity (Wildman–Crippen MR) is 120 cm³/mol. The molecule has 0 bridgehead atoms. The van der Waals surface area contributed by atoms with Gasteiger partial charge in [-0.15, -0.1) is 0 Å². The van der Waals surface area contributed by atoms with Crippen LogP contribution >= 0.6 is 23.2 Å². The number of benzene rings is 2. The molecule has 6 heteroatoms. The number of nitrogens with zero attached hydrogens (tertiary/aromatic N) is 1. The minimum absolute atomic E-state index is 0.00650. The molecule has 1 atom stereocenters. The van der Waals surface area contributed by atoms with E-state index in [2.05, 4.69) is 0 Å². The maximum absolute atomic E-state index is 13.3. The van der Waals surface area contributed by atoms with Crippen molar-refractivity contribution in [2.45, 2.75) is 51.0 Å². The molecule has 0 aliphatic heterocycles. The Labute approximate surface area is 188 Å².